The average Bonchev–Trinajstić information content (AvgIpc) is 2.77. The predicted molar refractivity (Wildman–Crippen MR) is 122 cm³/mol. The molecular formula is C22H31N5O3S. The van der Waals surface area contributed by atoms with Crippen LogP contribution >= 0.6 is 0 Å². The van der Waals surface area contributed by atoms with Gasteiger partial charge in [0, 0.05) is 50.7 Å². The van der Waals surface area contributed by atoms with E-state index in [2.05, 4.69) is 36.1 Å². The number of anilines is 1. The summed E-state index contributed by atoms with van der Waals surface area (Å²) in [6, 6.07) is 9.29. The molecule has 1 saturated heterocycles. The van der Waals surface area contributed by atoms with Crippen molar-refractivity contribution in [3.05, 3.63) is 53.9 Å². The summed E-state index contributed by atoms with van der Waals surface area (Å²) in [5.41, 5.74) is 1.77. The molecule has 1 fully saturated rings. The fourth-order valence-electron chi connectivity index (χ4n) is 3.43. The van der Waals surface area contributed by atoms with Gasteiger partial charge in [0.25, 0.3) is 5.91 Å². The van der Waals surface area contributed by atoms with E-state index in [4.69, 9.17) is 0 Å². The van der Waals surface area contributed by atoms with Crippen molar-refractivity contribution >= 4 is 21.9 Å². The van der Waals surface area contributed by atoms with Crippen LogP contribution in [0.2, 0.25) is 0 Å². The Labute approximate surface area is 184 Å². The molecule has 1 aromatic heterocycles. The van der Waals surface area contributed by atoms with E-state index < -0.39 is 10.0 Å². The van der Waals surface area contributed by atoms with Gasteiger partial charge in [0.15, 0.2) is 0 Å². The molecule has 0 bridgehead atoms. The number of nitrogens with zero attached hydrogens (tertiary/aromatic N) is 4. The van der Waals surface area contributed by atoms with Gasteiger partial charge in [-0.1, -0.05) is 32.9 Å². The Hall–Kier alpha value is -2.52. The Morgan fingerprint density at radius 1 is 1.03 bits per heavy atom. The molecule has 3 rings (SSSR count). The van der Waals surface area contributed by atoms with Crippen LogP contribution in [0.15, 0.2) is 42.7 Å². The SMILES string of the molecule is CC(C)(C)c1ccc(C(=O)NCCCS(=O)(=O)N2CCN(c3ncccn3)CC2)cc1. The molecule has 2 aromatic rings. The van der Waals surface area contributed by atoms with Crippen molar-refractivity contribution < 1.29 is 13.2 Å². The number of carbonyl (C=O) groups is 1. The van der Waals surface area contributed by atoms with Gasteiger partial charge in [-0.15, -0.1) is 0 Å². The Morgan fingerprint density at radius 3 is 2.23 bits per heavy atom. The van der Waals surface area contributed by atoms with Crippen LogP contribution < -0.4 is 10.2 Å². The third-order valence-corrected chi connectivity index (χ3v) is 7.30. The second-order valence-electron chi connectivity index (χ2n) is 8.69. The van der Waals surface area contributed by atoms with Crippen LogP contribution in [0, 0.1) is 0 Å². The summed E-state index contributed by atoms with van der Waals surface area (Å²) in [5, 5.41) is 2.81. The first kappa shape index (κ1) is 23.1. The number of benzene rings is 1. The van der Waals surface area contributed by atoms with E-state index in [0.717, 1.165) is 5.56 Å². The average molecular weight is 446 g/mol. The number of nitrogens with one attached hydrogen (secondary N) is 1. The lowest BCUT2D eigenvalue weighted by Gasteiger charge is -2.33. The lowest BCUT2D eigenvalue weighted by Crippen LogP contribution is -2.49. The maximum Gasteiger partial charge on any atom is 0.251 e. The standard InChI is InChI=1S/C22H31N5O3S/c1-22(2,3)19-8-6-18(7-9-19)20(28)23-12-5-17-31(29,30)27-15-13-26(14-16-27)21-24-10-4-11-25-21/h4,6-11H,5,12-17H2,1-3H3,(H,23,28). The first-order valence-electron chi connectivity index (χ1n) is 10.6. The van der Waals surface area contributed by atoms with E-state index in [0.29, 0.717) is 50.7 Å². The first-order chi connectivity index (χ1) is 14.7. The minimum Gasteiger partial charge on any atom is -0.352 e. The van der Waals surface area contributed by atoms with Gasteiger partial charge in [0.1, 0.15) is 0 Å². The zero-order valence-corrected chi connectivity index (χ0v) is 19.2. The van der Waals surface area contributed by atoms with Crippen LogP contribution in [0.4, 0.5) is 5.95 Å². The van der Waals surface area contributed by atoms with Gasteiger partial charge in [-0.05, 0) is 35.6 Å². The van der Waals surface area contributed by atoms with Gasteiger partial charge in [-0.3, -0.25) is 4.79 Å². The highest BCUT2D eigenvalue weighted by Gasteiger charge is 2.27. The molecule has 168 valence electrons. The minimum atomic E-state index is -3.36. The van der Waals surface area contributed by atoms with Gasteiger partial charge in [-0.25, -0.2) is 18.4 Å². The molecule has 31 heavy (non-hydrogen) atoms. The van der Waals surface area contributed by atoms with Gasteiger partial charge in [-0.2, -0.15) is 4.31 Å². The molecule has 0 atom stereocenters. The predicted octanol–water partition coefficient (Wildman–Crippen LogP) is 2.05. The van der Waals surface area contributed by atoms with Crippen molar-refractivity contribution in [3.8, 4) is 0 Å². The van der Waals surface area contributed by atoms with Crippen LogP contribution in [0.1, 0.15) is 43.1 Å². The maximum atomic E-state index is 12.6. The van der Waals surface area contributed by atoms with Gasteiger partial charge in [0.05, 0.1) is 5.75 Å². The Balaban J connectivity index is 1.42. The van der Waals surface area contributed by atoms with Crippen molar-refractivity contribution in [3.63, 3.8) is 0 Å². The fourth-order valence-corrected chi connectivity index (χ4v) is 4.92. The Kier molecular flexibility index (Phi) is 7.27. The minimum absolute atomic E-state index is 0.0120. The van der Waals surface area contributed by atoms with Crippen LogP contribution in [0.25, 0.3) is 0 Å². The molecule has 9 heteroatoms. The lowest BCUT2D eigenvalue weighted by atomic mass is 9.87. The number of hydrogen-bond donors (Lipinski definition) is 1. The van der Waals surface area contributed by atoms with E-state index in [1.54, 1.807) is 18.5 Å². The van der Waals surface area contributed by atoms with E-state index >= 15 is 0 Å². The molecule has 1 aliphatic rings. The van der Waals surface area contributed by atoms with Crippen molar-refractivity contribution in [2.75, 3.05) is 43.4 Å². The molecule has 2 heterocycles. The second kappa shape index (κ2) is 9.74. The van der Waals surface area contributed by atoms with E-state index in [1.165, 1.54) is 4.31 Å². The number of sulfonamides is 1. The summed E-state index contributed by atoms with van der Waals surface area (Å²) in [7, 11) is -3.36. The van der Waals surface area contributed by atoms with Gasteiger partial charge >= 0.3 is 0 Å². The smallest absolute Gasteiger partial charge is 0.251 e. The molecule has 0 spiro atoms. The molecule has 0 aliphatic carbocycles. The molecule has 0 unspecified atom stereocenters. The molecular weight excluding hydrogens is 414 g/mol. The zero-order chi connectivity index (χ0) is 22.5. The van der Waals surface area contributed by atoms with Crippen molar-refractivity contribution in [1.82, 2.24) is 19.6 Å². The summed E-state index contributed by atoms with van der Waals surface area (Å²) in [4.78, 5) is 22.7. The van der Waals surface area contributed by atoms with Gasteiger partial charge in [0.2, 0.25) is 16.0 Å². The molecule has 1 aromatic carbocycles. The molecule has 1 N–H and O–H groups in total. The summed E-state index contributed by atoms with van der Waals surface area (Å²) >= 11 is 0. The van der Waals surface area contributed by atoms with Crippen LogP contribution in [0.5, 0.6) is 0 Å². The number of aromatic nitrogens is 2. The normalized spacial score (nSPS) is 15.6. The first-order valence-corrected chi connectivity index (χ1v) is 12.2. The number of amides is 1. The third kappa shape index (κ3) is 6.24. The number of carbonyl (C=O) groups excluding carboxylic acids is 1. The number of hydrogen-bond acceptors (Lipinski definition) is 6. The summed E-state index contributed by atoms with van der Waals surface area (Å²) in [6.45, 7) is 8.62. The van der Waals surface area contributed by atoms with Crippen molar-refractivity contribution in [2.24, 2.45) is 0 Å². The fraction of sp³-hybridized carbons (Fsp3) is 0.500. The van der Waals surface area contributed by atoms with Crippen molar-refractivity contribution in [1.29, 1.82) is 0 Å². The highest BCUT2D eigenvalue weighted by atomic mass is 32.2. The second-order valence-corrected chi connectivity index (χ2v) is 10.8. The Bertz CT molecular complexity index is 964. The van der Waals surface area contributed by atoms with E-state index in [9.17, 15) is 13.2 Å². The summed E-state index contributed by atoms with van der Waals surface area (Å²) in [5.74, 6) is 0.449. The number of rotatable bonds is 7. The highest BCUT2D eigenvalue weighted by Crippen LogP contribution is 2.22. The highest BCUT2D eigenvalue weighted by molar-refractivity contribution is 7.89. The maximum absolute atomic E-state index is 12.6. The van der Waals surface area contributed by atoms with Crippen LogP contribution in [-0.2, 0) is 15.4 Å². The van der Waals surface area contributed by atoms with Crippen molar-refractivity contribution in [2.45, 2.75) is 32.6 Å². The zero-order valence-electron chi connectivity index (χ0n) is 18.4. The largest absolute Gasteiger partial charge is 0.352 e. The quantitative estimate of drug-likeness (QED) is 0.656. The molecule has 0 radical (unpaired) electrons. The van der Waals surface area contributed by atoms with Crippen LogP contribution in [-0.4, -0.2) is 67.1 Å². The molecule has 0 saturated carbocycles. The monoisotopic (exact) mass is 445 g/mol. The lowest BCUT2D eigenvalue weighted by molar-refractivity contribution is 0.0953. The summed E-state index contributed by atoms with van der Waals surface area (Å²) in [6.07, 6.45) is 3.73. The van der Waals surface area contributed by atoms with Gasteiger partial charge < -0.3 is 10.2 Å². The molecule has 1 aliphatic heterocycles. The topological polar surface area (TPSA) is 95.5 Å². The summed E-state index contributed by atoms with van der Waals surface area (Å²) < 4.78 is 26.8. The van der Waals surface area contributed by atoms with E-state index in [-0.39, 0.29) is 17.1 Å². The van der Waals surface area contributed by atoms with Crippen LogP contribution in [0.3, 0.4) is 0 Å². The molecule has 8 nitrogen and oxygen atoms in total. The molecule has 1 amide bonds. The third-order valence-electron chi connectivity index (χ3n) is 5.34. The number of piperazine rings is 1. The van der Waals surface area contributed by atoms with E-state index in [1.807, 2.05) is 29.2 Å². The Morgan fingerprint density at radius 2 is 1.65 bits per heavy atom.